The number of alkyl halides is 1. The topological polar surface area (TPSA) is 21.3 Å². The molecule has 0 amide bonds. The maximum Gasteiger partial charge on any atom is 0.0588 e. The molecule has 2 nitrogen and oxygen atoms in total. The molecule has 1 rings (SSSR count). The van der Waals surface area contributed by atoms with Gasteiger partial charge in [0.05, 0.1) is 6.10 Å². The van der Waals surface area contributed by atoms with E-state index in [-0.39, 0.29) is 5.54 Å². The van der Waals surface area contributed by atoms with Gasteiger partial charge < -0.3 is 10.1 Å². The number of ether oxygens (including phenoxy) is 1. The first-order chi connectivity index (χ1) is 7.20. The van der Waals surface area contributed by atoms with E-state index in [4.69, 9.17) is 16.3 Å². The highest BCUT2D eigenvalue weighted by molar-refractivity contribution is 6.17. The Bertz CT molecular complexity index is 171. The van der Waals surface area contributed by atoms with E-state index in [1.54, 1.807) is 0 Å². The Balaban J connectivity index is 2.15. The summed E-state index contributed by atoms with van der Waals surface area (Å²) >= 11 is 5.81. The molecule has 1 heterocycles. The van der Waals surface area contributed by atoms with Gasteiger partial charge in [0.2, 0.25) is 0 Å². The van der Waals surface area contributed by atoms with Crippen molar-refractivity contribution in [3.8, 4) is 0 Å². The van der Waals surface area contributed by atoms with Gasteiger partial charge in [-0.05, 0) is 45.6 Å². The summed E-state index contributed by atoms with van der Waals surface area (Å²) in [6, 6.07) is 0. The molecule has 0 aromatic carbocycles. The van der Waals surface area contributed by atoms with Crippen molar-refractivity contribution in [2.75, 3.05) is 19.0 Å². The van der Waals surface area contributed by atoms with Gasteiger partial charge in [0.15, 0.2) is 0 Å². The van der Waals surface area contributed by atoms with Gasteiger partial charge in [0, 0.05) is 18.0 Å². The fourth-order valence-corrected chi connectivity index (χ4v) is 2.42. The highest BCUT2D eigenvalue weighted by Crippen LogP contribution is 2.17. The molecule has 1 aliphatic heterocycles. The number of nitrogens with one attached hydrogen (secondary N) is 1. The molecule has 0 aromatic rings. The zero-order valence-corrected chi connectivity index (χ0v) is 10.8. The minimum absolute atomic E-state index is 0.209. The molecule has 0 radical (unpaired) electrons. The number of hydrogen-bond acceptors (Lipinski definition) is 2. The molecule has 2 unspecified atom stereocenters. The molecule has 0 spiro atoms. The van der Waals surface area contributed by atoms with Gasteiger partial charge in [0.25, 0.3) is 0 Å². The summed E-state index contributed by atoms with van der Waals surface area (Å²) in [6.45, 7) is 6.47. The van der Waals surface area contributed by atoms with E-state index >= 15 is 0 Å². The summed E-state index contributed by atoms with van der Waals surface area (Å²) in [7, 11) is 0. The van der Waals surface area contributed by atoms with Crippen LogP contribution in [0.4, 0.5) is 0 Å². The van der Waals surface area contributed by atoms with Crippen LogP contribution in [0.2, 0.25) is 0 Å². The highest BCUT2D eigenvalue weighted by Gasteiger charge is 2.21. The van der Waals surface area contributed by atoms with E-state index in [0.717, 1.165) is 38.3 Å². The van der Waals surface area contributed by atoms with Crippen molar-refractivity contribution in [1.29, 1.82) is 0 Å². The van der Waals surface area contributed by atoms with Gasteiger partial charge in [-0.3, -0.25) is 0 Å². The summed E-state index contributed by atoms with van der Waals surface area (Å²) in [6.07, 6.45) is 6.27. The first-order valence-electron chi connectivity index (χ1n) is 6.13. The van der Waals surface area contributed by atoms with Crippen LogP contribution in [-0.2, 0) is 4.74 Å². The van der Waals surface area contributed by atoms with Crippen molar-refractivity contribution in [2.24, 2.45) is 0 Å². The van der Waals surface area contributed by atoms with E-state index in [9.17, 15) is 0 Å². The standard InChI is InChI=1S/C12H24ClNO/c1-3-12(2,7-8-13)14-9-6-11-5-4-10-15-11/h11,14H,3-10H2,1-2H3. The van der Waals surface area contributed by atoms with Crippen molar-refractivity contribution in [3.63, 3.8) is 0 Å². The summed E-state index contributed by atoms with van der Waals surface area (Å²) < 4.78 is 5.60. The normalized spacial score (nSPS) is 25.4. The molecule has 3 heteroatoms. The lowest BCUT2D eigenvalue weighted by Gasteiger charge is -2.29. The van der Waals surface area contributed by atoms with Crippen LogP contribution in [0.3, 0.4) is 0 Å². The summed E-state index contributed by atoms with van der Waals surface area (Å²) in [5.74, 6) is 0.733. The molecule has 15 heavy (non-hydrogen) atoms. The Hall–Kier alpha value is 0.210. The first-order valence-corrected chi connectivity index (χ1v) is 6.66. The third-order valence-corrected chi connectivity index (χ3v) is 3.66. The van der Waals surface area contributed by atoms with Gasteiger partial charge in [-0.2, -0.15) is 0 Å². The van der Waals surface area contributed by atoms with Gasteiger partial charge in [-0.15, -0.1) is 11.6 Å². The Labute approximate surface area is 98.7 Å². The van der Waals surface area contributed by atoms with Crippen molar-refractivity contribution in [2.45, 2.75) is 57.6 Å². The molecule has 2 atom stereocenters. The molecule has 0 aliphatic carbocycles. The fraction of sp³-hybridized carbons (Fsp3) is 1.00. The van der Waals surface area contributed by atoms with Crippen LogP contribution in [-0.4, -0.2) is 30.7 Å². The van der Waals surface area contributed by atoms with Gasteiger partial charge >= 0.3 is 0 Å². The van der Waals surface area contributed by atoms with Gasteiger partial charge in [-0.25, -0.2) is 0 Å². The molecule has 0 bridgehead atoms. The van der Waals surface area contributed by atoms with E-state index in [2.05, 4.69) is 19.2 Å². The molecular formula is C12H24ClNO. The van der Waals surface area contributed by atoms with Crippen LogP contribution in [0.15, 0.2) is 0 Å². The maximum atomic E-state index is 5.81. The zero-order chi connectivity index (χ0) is 11.1. The van der Waals surface area contributed by atoms with Crippen LogP contribution < -0.4 is 5.32 Å². The van der Waals surface area contributed by atoms with E-state index in [1.165, 1.54) is 12.8 Å². The Morgan fingerprint density at radius 2 is 2.33 bits per heavy atom. The second-order valence-electron chi connectivity index (χ2n) is 4.70. The van der Waals surface area contributed by atoms with E-state index in [0.29, 0.717) is 6.10 Å². The Morgan fingerprint density at radius 3 is 2.87 bits per heavy atom. The molecule has 1 fully saturated rings. The van der Waals surface area contributed by atoms with Crippen LogP contribution in [0.1, 0.15) is 46.0 Å². The van der Waals surface area contributed by atoms with Crippen molar-refractivity contribution in [3.05, 3.63) is 0 Å². The Morgan fingerprint density at radius 1 is 1.53 bits per heavy atom. The third-order valence-electron chi connectivity index (χ3n) is 3.47. The minimum Gasteiger partial charge on any atom is -0.378 e. The summed E-state index contributed by atoms with van der Waals surface area (Å²) in [4.78, 5) is 0. The van der Waals surface area contributed by atoms with Gasteiger partial charge in [0.1, 0.15) is 0 Å². The zero-order valence-electron chi connectivity index (χ0n) is 10.0. The minimum atomic E-state index is 0.209. The van der Waals surface area contributed by atoms with Crippen LogP contribution in [0.25, 0.3) is 0 Å². The predicted molar refractivity (Wildman–Crippen MR) is 65.6 cm³/mol. The molecule has 90 valence electrons. The maximum absolute atomic E-state index is 5.81. The van der Waals surface area contributed by atoms with Crippen LogP contribution in [0.5, 0.6) is 0 Å². The van der Waals surface area contributed by atoms with Crippen molar-refractivity contribution >= 4 is 11.6 Å². The van der Waals surface area contributed by atoms with E-state index in [1.807, 2.05) is 0 Å². The van der Waals surface area contributed by atoms with Crippen LogP contribution in [0, 0.1) is 0 Å². The van der Waals surface area contributed by atoms with Gasteiger partial charge in [-0.1, -0.05) is 6.92 Å². The quantitative estimate of drug-likeness (QED) is 0.683. The highest BCUT2D eigenvalue weighted by atomic mass is 35.5. The van der Waals surface area contributed by atoms with Crippen molar-refractivity contribution in [1.82, 2.24) is 5.32 Å². The summed E-state index contributed by atoms with van der Waals surface area (Å²) in [5, 5.41) is 3.61. The smallest absolute Gasteiger partial charge is 0.0588 e. The Kier molecular flexibility index (Phi) is 5.95. The first kappa shape index (κ1) is 13.3. The number of rotatable bonds is 7. The molecule has 1 saturated heterocycles. The third kappa shape index (κ3) is 4.71. The summed E-state index contributed by atoms with van der Waals surface area (Å²) in [5.41, 5.74) is 0.209. The number of hydrogen-bond donors (Lipinski definition) is 1. The molecule has 1 N–H and O–H groups in total. The molecule has 0 aromatic heterocycles. The van der Waals surface area contributed by atoms with E-state index < -0.39 is 0 Å². The second-order valence-corrected chi connectivity index (χ2v) is 5.08. The number of halogens is 1. The SMILES string of the molecule is CCC(C)(CCCl)NCCC1CCCO1. The van der Waals surface area contributed by atoms with Crippen molar-refractivity contribution < 1.29 is 4.74 Å². The lowest BCUT2D eigenvalue weighted by atomic mass is 9.95. The average molecular weight is 234 g/mol. The lowest BCUT2D eigenvalue weighted by molar-refractivity contribution is 0.101. The predicted octanol–water partition coefficient (Wildman–Crippen LogP) is 2.94. The molecular weight excluding hydrogens is 210 g/mol. The molecule has 0 saturated carbocycles. The average Bonchev–Trinajstić information content (AvgIpc) is 2.71. The second kappa shape index (κ2) is 6.72. The largest absolute Gasteiger partial charge is 0.378 e. The monoisotopic (exact) mass is 233 g/mol. The van der Waals surface area contributed by atoms with Crippen LogP contribution >= 0.6 is 11.6 Å². The fourth-order valence-electron chi connectivity index (χ4n) is 2.01. The lowest BCUT2D eigenvalue weighted by Crippen LogP contribution is -2.43. The molecule has 1 aliphatic rings.